The van der Waals surface area contributed by atoms with E-state index < -0.39 is 0 Å². The van der Waals surface area contributed by atoms with Gasteiger partial charge in [-0.25, -0.2) is 0 Å². The minimum Gasteiger partial charge on any atom is -0.375 e. The first-order chi connectivity index (χ1) is 6.68. The summed E-state index contributed by atoms with van der Waals surface area (Å²) in [5, 5.41) is 0. The summed E-state index contributed by atoms with van der Waals surface area (Å²) in [5.41, 5.74) is -0.0785. The average Bonchev–Trinajstić information content (AvgIpc) is 2.16. The second kappa shape index (κ2) is 7.98. The van der Waals surface area contributed by atoms with Gasteiger partial charge in [0.2, 0.25) is 0 Å². The van der Waals surface area contributed by atoms with Crippen LogP contribution in [0.15, 0.2) is 0 Å². The predicted molar refractivity (Wildman–Crippen MR) is 59.5 cm³/mol. The Balaban J connectivity index is 3.88. The summed E-state index contributed by atoms with van der Waals surface area (Å²) in [7, 11) is 0. The lowest BCUT2D eigenvalue weighted by atomic mass is 9.94. The Bertz CT molecular complexity index is 145. The predicted octanol–water partition coefficient (Wildman–Crippen LogP) is 3.34. The molecule has 0 heterocycles. The number of hydrogen-bond acceptors (Lipinski definition) is 2. The lowest BCUT2D eigenvalue weighted by molar-refractivity contribution is -0.110. The van der Waals surface area contributed by atoms with E-state index in [0.29, 0.717) is 6.42 Å². The van der Waals surface area contributed by atoms with Crippen molar-refractivity contribution in [2.75, 3.05) is 6.61 Å². The number of ether oxygens (including phenoxy) is 1. The molecule has 1 atom stereocenters. The first-order valence-electron chi connectivity index (χ1n) is 5.76. The second-order valence-corrected chi connectivity index (χ2v) is 4.11. The van der Waals surface area contributed by atoms with E-state index in [9.17, 15) is 4.79 Å². The van der Waals surface area contributed by atoms with Crippen LogP contribution in [0.3, 0.4) is 0 Å². The minimum absolute atomic E-state index is 0.0785. The molecule has 0 aliphatic carbocycles. The van der Waals surface area contributed by atoms with E-state index in [0.717, 1.165) is 45.0 Å². The van der Waals surface area contributed by atoms with Gasteiger partial charge >= 0.3 is 0 Å². The largest absolute Gasteiger partial charge is 0.375 e. The highest BCUT2D eigenvalue weighted by atomic mass is 16.5. The molecule has 0 fully saturated rings. The van der Waals surface area contributed by atoms with Crippen LogP contribution in [0.4, 0.5) is 0 Å². The Kier molecular flexibility index (Phi) is 7.77. The van der Waals surface area contributed by atoms with Crippen molar-refractivity contribution in [2.45, 2.75) is 64.9 Å². The molecule has 0 spiro atoms. The average molecular weight is 200 g/mol. The molecule has 0 rings (SSSR count). The van der Waals surface area contributed by atoms with Gasteiger partial charge < -0.3 is 9.53 Å². The number of carbonyl (C=O) groups is 1. The van der Waals surface area contributed by atoms with E-state index in [4.69, 9.17) is 4.74 Å². The van der Waals surface area contributed by atoms with Gasteiger partial charge in [0.1, 0.15) is 6.29 Å². The highest BCUT2D eigenvalue weighted by Gasteiger charge is 2.22. The fraction of sp³-hybridized carbons (Fsp3) is 0.917. The van der Waals surface area contributed by atoms with Gasteiger partial charge in [0.15, 0.2) is 0 Å². The zero-order valence-corrected chi connectivity index (χ0v) is 9.84. The SMILES string of the molecule is CCCCOC(C)(CCC)CCC=O. The van der Waals surface area contributed by atoms with Crippen molar-refractivity contribution >= 4 is 6.29 Å². The zero-order chi connectivity index (χ0) is 10.9. The summed E-state index contributed by atoms with van der Waals surface area (Å²) < 4.78 is 5.85. The smallest absolute Gasteiger partial charge is 0.120 e. The van der Waals surface area contributed by atoms with Crippen LogP contribution in [0, 0.1) is 0 Å². The van der Waals surface area contributed by atoms with Crippen LogP contribution >= 0.6 is 0 Å². The van der Waals surface area contributed by atoms with Gasteiger partial charge in [-0.15, -0.1) is 0 Å². The Morgan fingerprint density at radius 1 is 1.21 bits per heavy atom. The van der Waals surface area contributed by atoms with Gasteiger partial charge in [-0.3, -0.25) is 0 Å². The van der Waals surface area contributed by atoms with Crippen LogP contribution in [-0.4, -0.2) is 18.5 Å². The molecular formula is C12H24O2. The molecule has 0 saturated carbocycles. The van der Waals surface area contributed by atoms with Crippen molar-refractivity contribution in [1.29, 1.82) is 0 Å². The summed E-state index contributed by atoms with van der Waals surface area (Å²) in [6, 6.07) is 0. The molecular weight excluding hydrogens is 176 g/mol. The molecule has 0 bridgehead atoms. The normalized spacial score (nSPS) is 15.1. The molecule has 0 aromatic carbocycles. The Labute approximate surface area is 88.0 Å². The van der Waals surface area contributed by atoms with Gasteiger partial charge in [0.25, 0.3) is 0 Å². The second-order valence-electron chi connectivity index (χ2n) is 4.11. The summed E-state index contributed by atoms with van der Waals surface area (Å²) in [4.78, 5) is 10.3. The van der Waals surface area contributed by atoms with E-state index in [1.165, 1.54) is 0 Å². The molecule has 0 aromatic heterocycles. The molecule has 0 radical (unpaired) electrons. The third-order valence-corrected chi connectivity index (χ3v) is 2.52. The van der Waals surface area contributed by atoms with Crippen molar-refractivity contribution in [1.82, 2.24) is 0 Å². The summed E-state index contributed by atoms with van der Waals surface area (Å²) in [6.07, 6.45) is 6.89. The highest BCUT2D eigenvalue weighted by molar-refractivity contribution is 5.49. The Hall–Kier alpha value is -0.370. The lowest BCUT2D eigenvalue weighted by Gasteiger charge is -2.29. The van der Waals surface area contributed by atoms with Crippen LogP contribution in [0.25, 0.3) is 0 Å². The summed E-state index contributed by atoms with van der Waals surface area (Å²) in [6.45, 7) is 7.26. The molecule has 0 aliphatic rings. The fourth-order valence-electron chi connectivity index (χ4n) is 1.63. The molecule has 1 unspecified atom stereocenters. The molecule has 2 nitrogen and oxygen atoms in total. The third kappa shape index (κ3) is 6.14. The molecule has 2 heteroatoms. The van der Waals surface area contributed by atoms with Gasteiger partial charge in [-0.05, 0) is 26.2 Å². The molecule has 0 N–H and O–H groups in total. The first-order valence-corrected chi connectivity index (χ1v) is 5.76. The standard InChI is InChI=1S/C12H24O2/c1-4-6-11-14-12(3,8-5-2)9-7-10-13/h10H,4-9,11H2,1-3H3. The maximum absolute atomic E-state index is 10.3. The van der Waals surface area contributed by atoms with E-state index in [1.54, 1.807) is 0 Å². The zero-order valence-electron chi connectivity index (χ0n) is 9.84. The van der Waals surface area contributed by atoms with Crippen molar-refractivity contribution in [3.05, 3.63) is 0 Å². The van der Waals surface area contributed by atoms with E-state index in [2.05, 4.69) is 20.8 Å². The molecule has 0 saturated heterocycles. The van der Waals surface area contributed by atoms with Crippen LogP contribution in [0.1, 0.15) is 59.3 Å². The number of aldehydes is 1. The fourth-order valence-corrected chi connectivity index (χ4v) is 1.63. The van der Waals surface area contributed by atoms with E-state index in [-0.39, 0.29) is 5.60 Å². The van der Waals surface area contributed by atoms with Gasteiger partial charge in [-0.2, -0.15) is 0 Å². The van der Waals surface area contributed by atoms with Crippen molar-refractivity contribution in [3.8, 4) is 0 Å². The quantitative estimate of drug-likeness (QED) is 0.421. The summed E-state index contributed by atoms with van der Waals surface area (Å²) >= 11 is 0. The molecule has 0 aromatic rings. The van der Waals surface area contributed by atoms with Crippen LogP contribution < -0.4 is 0 Å². The van der Waals surface area contributed by atoms with E-state index >= 15 is 0 Å². The Morgan fingerprint density at radius 3 is 2.43 bits per heavy atom. The maximum Gasteiger partial charge on any atom is 0.120 e. The third-order valence-electron chi connectivity index (χ3n) is 2.52. The minimum atomic E-state index is -0.0785. The van der Waals surface area contributed by atoms with Gasteiger partial charge in [0, 0.05) is 13.0 Å². The highest BCUT2D eigenvalue weighted by Crippen LogP contribution is 2.23. The monoisotopic (exact) mass is 200 g/mol. The van der Waals surface area contributed by atoms with Crippen LogP contribution in [0.2, 0.25) is 0 Å². The van der Waals surface area contributed by atoms with Crippen LogP contribution in [-0.2, 0) is 9.53 Å². The van der Waals surface area contributed by atoms with Crippen LogP contribution in [0.5, 0.6) is 0 Å². The summed E-state index contributed by atoms with van der Waals surface area (Å²) in [5.74, 6) is 0. The molecule has 0 aliphatic heterocycles. The van der Waals surface area contributed by atoms with Gasteiger partial charge in [-0.1, -0.05) is 26.7 Å². The van der Waals surface area contributed by atoms with Crippen molar-refractivity contribution in [2.24, 2.45) is 0 Å². The van der Waals surface area contributed by atoms with Crippen molar-refractivity contribution < 1.29 is 9.53 Å². The number of hydrogen-bond donors (Lipinski definition) is 0. The lowest BCUT2D eigenvalue weighted by Crippen LogP contribution is -2.29. The molecule has 14 heavy (non-hydrogen) atoms. The van der Waals surface area contributed by atoms with Gasteiger partial charge in [0.05, 0.1) is 5.60 Å². The van der Waals surface area contributed by atoms with Crippen molar-refractivity contribution in [3.63, 3.8) is 0 Å². The number of rotatable bonds is 9. The molecule has 0 amide bonds. The Morgan fingerprint density at radius 2 is 1.93 bits per heavy atom. The number of carbonyl (C=O) groups excluding carboxylic acids is 1. The molecule has 84 valence electrons. The maximum atomic E-state index is 10.3. The number of unbranched alkanes of at least 4 members (excludes halogenated alkanes) is 1. The topological polar surface area (TPSA) is 26.3 Å². The first kappa shape index (κ1) is 13.6. The van der Waals surface area contributed by atoms with E-state index in [1.807, 2.05) is 0 Å².